The highest BCUT2D eigenvalue weighted by molar-refractivity contribution is 7.99. The fourth-order valence-corrected chi connectivity index (χ4v) is 1.94. The Bertz CT molecular complexity index is 339. The maximum Gasteiger partial charge on any atom is 0.234 e. The average molecular weight is 229 g/mol. The van der Waals surface area contributed by atoms with Crippen molar-refractivity contribution in [3.63, 3.8) is 0 Å². The number of rotatable bonds is 4. The predicted octanol–water partition coefficient (Wildman–Crippen LogP) is 0.880. The Morgan fingerprint density at radius 3 is 2.80 bits per heavy atom. The Hall–Kier alpha value is -1.27. The summed E-state index contributed by atoms with van der Waals surface area (Å²) in [6, 6.07) is 4.28. The number of amides is 1. The summed E-state index contributed by atoms with van der Waals surface area (Å²) in [7, 11) is 0. The Labute approximate surface area is 91.2 Å². The number of nitrogen functional groups attached to an aromatic ring is 1. The van der Waals surface area contributed by atoms with Crippen LogP contribution >= 0.6 is 11.8 Å². The number of halogens is 1. The molecule has 0 saturated carbocycles. The molecule has 5 N–H and O–H groups in total. The van der Waals surface area contributed by atoms with E-state index >= 15 is 0 Å². The van der Waals surface area contributed by atoms with Crippen molar-refractivity contribution in [1.82, 2.24) is 5.43 Å². The van der Waals surface area contributed by atoms with Crippen molar-refractivity contribution in [2.24, 2.45) is 5.84 Å². The van der Waals surface area contributed by atoms with Crippen LogP contribution in [0.15, 0.2) is 23.1 Å². The summed E-state index contributed by atoms with van der Waals surface area (Å²) in [5, 5.41) is 0. The number of nitrogens with one attached hydrogen (secondary N) is 1. The van der Waals surface area contributed by atoms with Gasteiger partial charge in [0.15, 0.2) is 0 Å². The molecular weight excluding hydrogens is 217 g/mol. The number of hydrogen-bond donors (Lipinski definition) is 3. The third kappa shape index (κ3) is 4.18. The van der Waals surface area contributed by atoms with E-state index in [9.17, 15) is 9.18 Å². The zero-order chi connectivity index (χ0) is 11.3. The highest BCUT2D eigenvalue weighted by Crippen LogP contribution is 2.22. The van der Waals surface area contributed by atoms with E-state index < -0.39 is 0 Å². The van der Waals surface area contributed by atoms with Crippen LogP contribution < -0.4 is 17.0 Å². The molecule has 0 saturated heterocycles. The van der Waals surface area contributed by atoms with Crippen molar-refractivity contribution < 1.29 is 9.18 Å². The highest BCUT2D eigenvalue weighted by atomic mass is 32.2. The Morgan fingerprint density at radius 2 is 2.20 bits per heavy atom. The van der Waals surface area contributed by atoms with Crippen molar-refractivity contribution >= 4 is 23.4 Å². The van der Waals surface area contributed by atoms with Gasteiger partial charge in [-0.25, -0.2) is 10.2 Å². The topological polar surface area (TPSA) is 81.1 Å². The predicted molar refractivity (Wildman–Crippen MR) is 58.5 cm³/mol. The van der Waals surface area contributed by atoms with Gasteiger partial charge in [0.1, 0.15) is 5.82 Å². The molecule has 0 spiro atoms. The number of hydrogen-bond acceptors (Lipinski definition) is 4. The second-order valence-electron chi connectivity index (χ2n) is 2.89. The van der Waals surface area contributed by atoms with E-state index in [1.807, 2.05) is 5.43 Å². The van der Waals surface area contributed by atoms with Gasteiger partial charge in [-0.15, -0.1) is 11.8 Å². The number of nitrogens with two attached hydrogens (primary N) is 2. The lowest BCUT2D eigenvalue weighted by molar-refractivity contribution is -0.120. The largest absolute Gasteiger partial charge is 0.399 e. The average Bonchev–Trinajstić information content (AvgIpc) is 2.16. The van der Waals surface area contributed by atoms with Gasteiger partial charge in [-0.1, -0.05) is 0 Å². The van der Waals surface area contributed by atoms with Crippen LogP contribution in [0, 0.1) is 5.82 Å². The zero-order valence-corrected chi connectivity index (χ0v) is 8.81. The van der Waals surface area contributed by atoms with E-state index in [0.29, 0.717) is 16.3 Å². The molecule has 0 aromatic heterocycles. The van der Waals surface area contributed by atoms with Crippen molar-refractivity contribution in [2.45, 2.75) is 11.3 Å². The first kappa shape index (κ1) is 11.8. The molecule has 1 aromatic carbocycles. The van der Waals surface area contributed by atoms with Crippen molar-refractivity contribution in [3.8, 4) is 0 Å². The van der Waals surface area contributed by atoms with E-state index in [-0.39, 0.29) is 18.1 Å². The lowest BCUT2D eigenvalue weighted by atomic mass is 10.3. The van der Waals surface area contributed by atoms with E-state index in [2.05, 4.69) is 0 Å². The van der Waals surface area contributed by atoms with Crippen molar-refractivity contribution in [2.75, 3.05) is 11.5 Å². The third-order valence-electron chi connectivity index (χ3n) is 1.65. The van der Waals surface area contributed by atoms with Crippen molar-refractivity contribution in [3.05, 3.63) is 24.0 Å². The monoisotopic (exact) mass is 229 g/mol. The molecule has 0 aliphatic rings. The number of benzene rings is 1. The van der Waals surface area contributed by atoms with Crippen LogP contribution in [0.25, 0.3) is 0 Å². The third-order valence-corrected chi connectivity index (χ3v) is 2.63. The molecule has 1 amide bonds. The normalized spacial score (nSPS) is 10.0. The van der Waals surface area contributed by atoms with Gasteiger partial charge in [0, 0.05) is 22.8 Å². The molecule has 15 heavy (non-hydrogen) atoms. The minimum Gasteiger partial charge on any atom is -0.399 e. The fourth-order valence-electron chi connectivity index (χ4n) is 1.00. The molecule has 6 heteroatoms. The van der Waals surface area contributed by atoms with Crippen LogP contribution in [-0.2, 0) is 4.79 Å². The van der Waals surface area contributed by atoms with Crippen molar-refractivity contribution in [1.29, 1.82) is 0 Å². The first-order valence-corrected chi connectivity index (χ1v) is 5.28. The molecule has 4 nitrogen and oxygen atoms in total. The van der Waals surface area contributed by atoms with E-state index in [4.69, 9.17) is 11.6 Å². The smallest absolute Gasteiger partial charge is 0.234 e. The molecule has 0 aliphatic carbocycles. The van der Waals surface area contributed by atoms with E-state index in [1.165, 1.54) is 23.9 Å². The molecule has 0 bridgehead atoms. The van der Waals surface area contributed by atoms with Gasteiger partial charge in [-0.05, 0) is 18.2 Å². The summed E-state index contributed by atoms with van der Waals surface area (Å²) in [6.45, 7) is 0. The summed E-state index contributed by atoms with van der Waals surface area (Å²) in [5.74, 6) is 4.83. The maximum absolute atomic E-state index is 12.9. The Morgan fingerprint density at radius 1 is 1.47 bits per heavy atom. The second kappa shape index (κ2) is 5.57. The van der Waals surface area contributed by atoms with Gasteiger partial charge in [-0.2, -0.15) is 0 Å². The van der Waals surface area contributed by atoms with Gasteiger partial charge >= 0.3 is 0 Å². The van der Waals surface area contributed by atoms with Crippen LogP contribution in [0.1, 0.15) is 6.42 Å². The summed E-state index contributed by atoms with van der Waals surface area (Å²) in [4.78, 5) is 11.5. The maximum atomic E-state index is 12.9. The molecule has 0 radical (unpaired) electrons. The SMILES string of the molecule is NNC(=O)CCSc1cc(N)cc(F)c1. The lowest BCUT2D eigenvalue weighted by Gasteiger charge is -2.02. The number of thioether (sulfide) groups is 1. The van der Waals surface area contributed by atoms with Crippen LogP contribution in [0.2, 0.25) is 0 Å². The summed E-state index contributed by atoms with van der Waals surface area (Å²) in [5.41, 5.74) is 7.86. The van der Waals surface area contributed by atoms with Crippen LogP contribution in [0.3, 0.4) is 0 Å². The first-order chi connectivity index (χ1) is 7.11. The molecule has 0 fully saturated rings. The molecular formula is C9H12FN3OS. The zero-order valence-electron chi connectivity index (χ0n) is 8.00. The van der Waals surface area contributed by atoms with Crippen LogP contribution in [-0.4, -0.2) is 11.7 Å². The molecule has 0 atom stereocenters. The van der Waals surface area contributed by atoms with Gasteiger partial charge in [0.05, 0.1) is 0 Å². The first-order valence-electron chi connectivity index (χ1n) is 4.30. The molecule has 1 rings (SSSR count). The minimum atomic E-state index is -0.374. The summed E-state index contributed by atoms with van der Waals surface area (Å²) in [6.07, 6.45) is 0.289. The van der Waals surface area contributed by atoms with Crippen LogP contribution in [0.5, 0.6) is 0 Å². The quantitative estimate of drug-likeness (QED) is 0.235. The van der Waals surface area contributed by atoms with Gasteiger partial charge < -0.3 is 5.73 Å². The van der Waals surface area contributed by atoms with Gasteiger partial charge in [0.25, 0.3) is 0 Å². The summed E-state index contributed by atoms with van der Waals surface area (Å²) >= 11 is 1.36. The molecule has 1 aromatic rings. The Balaban J connectivity index is 2.47. The standard InChI is InChI=1S/C9H12FN3OS/c10-6-3-7(11)5-8(4-6)15-2-1-9(14)13-12/h3-5H,1-2,11-12H2,(H,13,14). The molecule has 0 unspecified atom stereocenters. The van der Waals surface area contributed by atoms with Gasteiger partial charge in [-0.3, -0.25) is 10.2 Å². The lowest BCUT2D eigenvalue weighted by Crippen LogP contribution is -2.30. The summed E-state index contributed by atoms with van der Waals surface area (Å²) < 4.78 is 12.9. The number of carbonyl (C=O) groups excluding carboxylic acids is 1. The second-order valence-corrected chi connectivity index (χ2v) is 4.05. The number of anilines is 1. The number of hydrazine groups is 1. The van der Waals surface area contributed by atoms with E-state index in [1.54, 1.807) is 6.07 Å². The number of carbonyl (C=O) groups is 1. The van der Waals surface area contributed by atoms with Crippen LogP contribution in [0.4, 0.5) is 10.1 Å². The minimum absolute atomic E-state index is 0.244. The fraction of sp³-hybridized carbons (Fsp3) is 0.222. The van der Waals surface area contributed by atoms with Gasteiger partial charge in [0.2, 0.25) is 5.91 Å². The highest BCUT2D eigenvalue weighted by Gasteiger charge is 2.02. The molecule has 0 heterocycles. The molecule has 82 valence electrons. The van der Waals surface area contributed by atoms with E-state index in [0.717, 1.165) is 0 Å². The molecule has 0 aliphatic heterocycles. The Kier molecular flexibility index (Phi) is 4.38.